The molecule has 0 fully saturated rings. The van der Waals surface area contributed by atoms with Gasteiger partial charge in [-0.15, -0.1) is 11.3 Å². The van der Waals surface area contributed by atoms with Gasteiger partial charge in [-0.25, -0.2) is 0 Å². The molecule has 0 unspecified atom stereocenters. The Morgan fingerprint density at radius 2 is 1.05 bits per heavy atom. The summed E-state index contributed by atoms with van der Waals surface area (Å²) in [4.78, 5) is 2.37. The minimum atomic E-state index is 1.14. The highest BCUT2D eigenvalue weighted by atomic mass is 32.1. The molecular weight excluding hydrogens is 541 g/mol. The van der Waals surface area contributed by atoms with Gasteiger partial charge in [0.25, 0.3) is 0 Å². The van der Waals surface area contributed by atoms with E-state index in [2.05, 4.69) is 167 Å². The van der Waals surface area contributed by atoms with Gasteiger partial charge in [-0.2, -0.15) is 0 Å². The summed E-state index contributed by atoms with van der Waals surface area (Å²) in [6.45, 7) is 0. The quantitative estimate of drug-likeness (QED) is 0.206. The van der Waals surface area contributed by atoms with Crippen molar-refractivity contribution in [3.63, 3.8) is 0 Å². The first-order valence-corrected chi connectivity index (χ1v) is 15.4. The Labute approximate surface area is 253 Å². The number of thiophene rings is 1. The highest BCUT2D eigenvalue weighted by molar-refractivity contribution is 7.26. The van der Waals surface area contributed by atoms with Gasteiger partial charge in [-0.3, -0.25) is 0 Å². The second kappa shape index (κ2) is 9.59. The van der Waals surface area contributed by atoms with E-state index in [1.807, 2.05) is 11.3 Å². The summed E-state index contributed by atoms with van der Waals surface area (Å²) in [5.74, 6) is 0. The summed E-state index contributed by atoms with van der Waals surface area (Å²) in [5, 5.41) is 7.62. The average Bonchev–Trinajstić information content (AvgIpc) is 3.61. The van der Waals surface area contributed by atoms with Crippen LogP contribution >= 0.6 is 11.3 Å². The van der Waals surface area contributed by atoms with E-state index in [0.717, 1.165) is 17.1 Å². The third-order valence-corrected chi connectivity index (χ3v) is 9.75. The van der Waals surface area contributed by atoms with Crippen LogP contribution in [0, 0.1) is 0 Å². The van der Waals surface area contributed by atoms with Crippen molar-refractivity contribution in [2.75, 3.05) is 4.90 Å². The van der Waals surface area contributed by atoms with Crippen LogP contribution in [0.15, 0.2) is 158 Å². The maximum absolute atomic E-state index is 2.44. The molecule has 2 heterocycles. The van der Waals surface area contributed by atoms with Crippen LogP contribution in [0.1, 0.15) is 0 Å². The van der Waals surface area contributed by atoms with Crippen LogP contribution in [0.3, 0.4) is 0 Å². The fourth-order valence-electron chi connectivity index (χ4n) is 6.61. The van der Waals surface area contributed by atoms with E-state index in [1.165, 1.54) is 58.4 Å². The lowest BCUT2D eigenvalue weighted by molar-refractivity contribution is 1.20. The van der Waals surface area contributed by atoms with Crippen molar-refractivity contribution in [2.24, 2.45) is 0 Å². The second-order valence-corrected chi connectivity index (χ2v) is 12.1. The van der Waals surface area contributed by atoms with Gasteiger partial charge in [0.05, 0.1) is 21.4 Å². The van der Waals surface area contributed by atoms with E-state index in [4.69, 9.17) is 0 Å². The number of fused-ring (bicyclic) bond motifs is 7. The molecule has 9 rings (SSSR count). The van der Waals surface area contributed by atoms with Crippen LogP contribution in [0.5, 0.6) is 0 Å². The molecule has 7 aromatic carbocycles. The van der Waals surface area contributed by atoms with Gasteiger partial charge in [-0.05, 0) is 71.4 Å². The molecule has 0 N–H and O–H groups in total. The molecule has 202 valence electrons. The summed E-state index contributed by atoms with van der Waals surface area (Å²) in [6.07, 6.45) is 0. The number of para-hydroxylation sites is 3. The van der Waals surface area contributed by atoms with Crippen molar-refractivity contribution >= 4 is 81.1 Å². The average molecular weight is 567 g/mol. The predicted molar refractivity (Wildman–Crippen MR) is 186 cm³/mol. The highest BCUT2D eigenvalue weighted by Crippen LogP contribution is 2.44. The first-order chi connectivity index (χ1) is 21.3. The van der Waals surface area contributed by atoms with Crippen LogP contribution < -0.4 is 4.90 Å². The molecule has 9 aromatic rings. The Hall–Kier alpha value is -5.38. The number of hydrogen-bond acceptors (Lipinski definition) is 2. The van der Waals surface area contributed by atoms with E-state index in [9.17, 15) is 0 Å². The third-order valence-electron chi connectivity index (χ3n) is 8.54. The zero-order chi connectivity index (χ0) is 28.3. The number of nitrogens with zero attached hydrogens (tertiary/aromatic N) is 2. The topological polar surface area (TPSA) is 8.17 Å². The Bertz CT molecular complexity index is 2410. The maximum atomic E-state index is 2.44. The number of anilines is 3. The Kier molecular flexibility index (Phi) is 5.40. The molecule has 3 heteroatoms. The van der Waals surface area contributed by atoms with Crippen molar-refractivity contribution in [3.8, 4) is 5.69 Å². The molecule has 0 saturated carbocycles. The van der Waals surface area contributed by atoms with E-state index in [1.54, 1.807) is 0 Å². The minimum absolute atomic E-state index is 1.14. The molecule has 0 saturated heterocycles. The van der Waals surface area contributed by atoms with E-state index in [0.29, 0.717) is 0 Å². The van der Waals surface area contributed by atoms with Crippen LogP contribution in [0.4, 0.5) is 17.1 Å². The third kappa shape index (κ3) is 3.79. The SMILES string of the molecule is c1ccc(N(c2ccc3ccccc3c2)c2ccc3sc4c(-n5c6ccccc6c6ccccc65)cccc4c3c2)cc1. The molecule has 0 amide bonds. The van der Waals surface area contributed by atoms with Gasteiger partial charge in [0.2, 0.25) is 0 Å². The number of benzene rings is 7. The van der Waals surface area contributed by atoms with Crippen molar-refractivity contribution in [2.45, 2.75) is 0 Å². The molecule has 2 aromatic heterocycles. The van der Waals surface area contributed by atoms with Gasteiger partial charge in [0.15, 0.2) is 0 Å². The predicted octanol–water partition coefficient (Wildman–Crippen LogP) is 11.8. The Balaban J connectivity index is 1.27. The number of aromatic nitrogens is 1. The van der Waals surface area contributed by atoms with Crippen LogP contribution in [0.2, 0.25) is 0 Å². The van der Waals surface area contributed by atoms with Gasteiger partial charge in [-0.1, -0.05) is 97.1 Å². The largest absolute Gasteiger partial charge is 0.310 e. The smallest absolute Gasteiger partial charge is 0.0640 e. The minimum Gasteiger partial charge on any atom is -0.310 e. The van der Waals surface area contributed by atoms with Gasteiger partial charge < -0.3 is 9.47 Å². The van der Waals surface area contributed by atoms with E-state index in [-0.39, 0.29) is 0 Å². The maximum Gasteiger partial charge on any atom is 0.0640 e. The summed E-state index contributed by atoms with van der Waals surface area (Å²) < 4.78 is 5.03. The van der Waals surface area contributed by atoms with Crippen molar-refractivity contribution in [1.82, 2.24) is 4.57 Å². The molecular formula is C40H26N2S. The van der Waals surface area contributed by atoms with Gasteiger partial charge >= 0.3 is 0 Å². The molecule has 0 aliphatic rings. The zero-order valence-electron chi connectivity index (χ0n) is 23.3. The lowest BCUT2D eigenvalue weighted by Gasteiger charge is -2.26. The zero-order valence-corrected chi connectivity index (χ0v) is 24.1. The summed E-state index contributed by atoms with van der Waals surface area (Å²) >= 11 is 1.88. The summed E-state index contributed by atoms with van der Waals surface area (Å²) in [6, 6.07) is 57.1. The van der Waals surface area contributed by atoms with E-state index < -0.39 is 0 Å². The van der Waals surface area contributed by atoms with Crippen molar-refractivity contribution in [3.05, 3.63) is 158 Å². The normalized spacial score (nSPS) is 11.7. The van der Waals surface area contributed by atoms with Crippen molar-refractivity contribution in [1.29, 1.82) is 0 Å². The summed E-state index contributed by atoms with van der Waals surface area (Å²) in [5.41, 5.74) is 7.14. The molecule has 0 spiro atoms. The Morgan fingerprint density at radius 3 is 1.84 bits per heavy atom. The molecule has 0 aliphatic carbocycles. The molecule has 0 atom stereocenters. The molecule has 0 radical (unpaired) electrons. The Morgan fingerprint density at radius 1 is 0.419 bits per heavy atom. The molecule has 0 aliphatic heterocycles. The number of rotatable bonds is 4. The standard InChI is InChI=1S/C40H26N2S/c1-2-13-29(14-3-1)41(30-22-21-27-11-4-5-12-28(27)25-30)31-23-24-39-35(26-31)34-17-10-20-38(40(34)43-39)42-36-18-8-6-15-32(36)33-16-7-9-19-37(33)42/h1-26H. The fraction of sp³-hybridized carbons (Fsp3) is 0. The van der Waals surface area contributed by atoms with Crippen LogP contribution in [0.25, 0.3) is 58.4 Å². The molecule has 0 bridgehead atoms. The molecule has 43 heavy (non-hydrogen) atoms. The van der Waals surface area contributed by atoms with Crippen LogP contribution in [-0.4, -0.2) is 4.57 Å². The van der Waals surface area contributed by atoms with Crippen LogP contribution in [-0.2, 0) is 0 Å². The highest BCUT2D eigenvalue weighted by Gasteiger charge is 2.18. The first-order valence-electron chi connectivity index (χ1n) is 14.6. The summed E-state index contributed by atoms with van der Waals surface area (Å²) in [7, 11) is 0. The fourth-order valence-corrected chi connectivity index (χ4v) is 7.80. The van der Waals surface area contributed by atoms with Gasteiger partial charge in [0, 0.05) is 43.3 Å². The second-order valence-electron chi connectivity index (χ2n) is 11.0. The van der Waals surface area contributed by atoms with Gasteiger partial charge in [0.1, 0.15) is 0 Å². The van der Waals surface area contributed by atoms with Crippen molar-refractivity contribution < 1.29 is 0 Å². The lowest BCUT2D eigenvalue weighted by Crippen LogP contribution is -2.09. The monoisotopic (exact) mass is 566 g/mol. The van der Waals surface area contributed by atoms with E-state index >= 15 is 0 Å². The molecule has 2 nitrogen and oxygen atoms in total. The lowest BCUT2D eigenvalue weighted by atomic mass is 10.1. The number of hydrogen-bond donors (Lipinski definition) is 0. The first kappa shape index (κ1) is 24.2.